The van der Waals surface area contributed by atoms with E-state index in [9.17, 15) is 4.79 Å². The number of aryl methyl sites for hydroxylation is 3. The third-order valence-corrected chi connectivity index (χ3v) is 5.44. The van der Waals surface area contributed by atoms with Gasteiger partial charge in [0.05, 0.1) is 24.2 Å². The molecule has 4 rings (SSSR count). The second kappa shape index (κ2) is 9.04. The minimum atomic E-state index is -0.0145. The van der Waals surface area contributed by atoms with Crippen LogP contribution in [0.5, 0.6) is 5.75 Å². The van der Waals surface area contributed by atoms with E-state index in [1.165, 1.54) is 16.5 Å². The number of H-pyrrole nitrogens is 1. The summed E-state index contributed by atoms with van der Waals surface area (Å²) in [6, 6.07) is 18.1. The van der Waals surface area contributed by atoms with Crippen molar-refractivity contribution in [2.24, 2.45) is 0 Å². The predicted octanol–water partition coefficient (Wildman–Crippen LogP) is 5.82. The zero-order valence-corrected chi connectivity index (χ0v) is 18.2. The fourth-order valence-electron chi connectivity index (χ4n) is 3.91. The van der Waals surface area contributed by atoms with Gasteiger partial charge >= 0.3 is 0 Å². The molecular formula is C26H27N3O2. The third kappa shape index (κ3) is 4.61. The van der Waals surface area contributed by atoms with Crippen molar-refractivity contribution in [3.05, 3.63) is 77.5 Å². The molecule has 31 heavy (non-hydrogen) atoms. The maximum Gasteiger partial charge on any atom is 0.224 e. The number of nitrogens with one attached hydrogen (secondary N) is 2. The van der Waals surface area contributed by atoms with Crippen molar-refractivity contribution < 1.29 is 9.53 Å². The third-order valence-electron chi connectivity index (χ3n) is 5.44. The maximum atomic E-state index is 12.6. The fraction of sp³-hybridized carbons (Fsp3) is 0.231. The van der Waals surface area contributed by atoms with E-state index in [2.05, 4.69) is 40.4 Å². The highest BCUT2D eigenvalue weighted by atomic mass is 16.5. The average molecular weight is 414 g/mol. The normalized spacial score (nSPS) is 10.9. The Morgan fingerprint density at radius 3 is 2.65 bits per heavy atom. The Morgan fingerprint density at radius 1 is 1.06 bits per heavy atom. The van der Waals surface area contributed by atoms with Gasteiger partial charge in [0.1, 0.15) is 5.75 Å². The lowest BCUT2D eigenvalue weighted by molar-refractivity contribution is -0.116. The number of carbonyl (C=O) groups excluding carboxylic acids is 1. The molecule has 0 unspecified atom stereocenters. The molecule has 0 fully saturated rings. The van der Waals surface area contributed by atoms with Crippen LogP contribution in [0.1, 0.15) is 29.5 Å². The number of fused-ring (bicyclic) bond motifs is 1. The maximum absolute atomic E-state index is 12.6. The highest BCUT2D eigenvalue weighted by Crippen LogP contribution is 2.31. The number of hydrogen-bond acceptors (Lipinski definition) is 3. The van der Waals surface area contributed by atoms with Crippen LogP contribution in [0.3, 0.4) is 0 Å². The van der Waals surface area contributed by atoms with Gasteiger partial charge < -0.3 is 15.0 Å². The molecule has 4 aromatic rings. The second-order valence-corrected chi connectivity index (χ2v) is 7.85. The van der Waals surface area contributed by atoms with E-state index < -0.39 is 0 Å². The Hall–Kier alpha value is -3.60. The topological polar surface area (TPSA) is 67.0 Å². The number of ether oxygens (including phenoxy) is 1. The van der Waals surface area contributed by atoms with Crippen LogP contribution < -0.4 is 10.1 Å². The molecule has 0 atom stereocenters. The van der Waals surface area contributed by atoms with Crippen LogP contribution in [-0.2, 0) is 11.2 Å². The van der Waals surface area contributed by atoms with Gasteiger partial charge in [-0.05, 0) is 74.2 Å². The summed E-state index contributed by atoms with van der Waals surface area (Å²) >= 11 is 0. The first kappa shape index (κ1) is 20.7. The summed E-state index contributed by atoms with van der Waals surface area (Å²) in [5.74, 6) is 0.655. The second-order valence-electron chi connectivity index (χ2n) is 7.85. The lowest BCUT2D eigenvalue weighted by Gasteiger charge is -2.11. The van der Waals surface area contributed by atoms with Gasteiger partial charge in [0.15, 0.2) is 0 Å². The minimum Gasteiger partial charge on any atom is -0.495 e. The Balaban J connectivity index is 1.52. The molecule has 0 radical (unpaired) electrons. The number of methoxy groups -OCH3 is 1. The highest BCUT2D eigenvalue weighted by Gasteiger charge is 2.15. The summed E-state index contributed by atoms with van der Waals surface area (Å²) in [5, 5.41) is 4.19. The van der Waals surface area contributed by atoms with Crippen LogP contribution in [-0.4, -0.2) is 23.0 Å². The summed E-state index contributed by atoms with van der Waals surface area (Å²) in [4.78, 5) is 20.7. The number of hydrogen-bond donors (Lipinski definition) is 2. The summed E-state index contributed by atoms with van der Waals surface area (Å²) in [5.41, 5.74) is 7.25. The number of aromatic nitrogens is 2. The standard InChI is InChI=1S/C26H27N3O2/c1-17-10-12-21-20(15-17)19(26(29-21)22-8-4-5-14-27-22)7-6-9-25(30)28-23-16-18(2)11-13-24(23)31-3/h4-5,8,10-16,29H,6-7,9H2,1-3H3,(H,28,30). The number of anilines is 1. The zero-order chi connectivity index (χ0) is 21.8. The van der Waals surface area contributed by atoms with Gasteiger partial charge in [-0.15, -0.1) is 0 Å². The van der Waals surface area contributed by atoms with Gasteiger partial charge in [-0.2, -0.15) is 0 Å². The van der Waals surface area contributed by atoms with E-state index in [-0.39, 0.29) is 5.91 Å². The van der Waals surface area contributed by atoms with E-state index in [1.807, 2.05) is 43.3 Å². The number of benzene rings is 2. The van der Waals surface area contributed by atoms with Crippen LogP contribution in [0.2, 0.25) is 0 Å². The molecule has 158 valence electrons. The van der Waals surface area contributed by atoms with Crippen molar-refractivity contribution in [1.29, 1.82) is 0 Å². The van der Waals surface area contributed by atoms with Gasteiger partial charge in [0.25, 0.3) is 0 Å². The first-order chi connectivity index (χ1) is 15.0. The summed E-state index contributed by atoms with van der Waals surface area (Å²) in [6.45, 7) is 4.09. The molecule has 0 saturated heterocycles. The van der Waals surface area contributed by atoms with Crippen molar-refractivity contribution in [2.75, 3.05) is 12.4 Å². The van der Waals surface area contributed by atoms with Gasteiger partial charge in [-0.1, -0.05) is 23.8 Å². The van der Waals surface area contributed by atoms with Crippen molar-refractivity contribution >= 4 is 22.5 Å². The van der Waals surface area contributed by atoms with E-state index >= 15 is 0 Å². The molecular weight excluding hydrogens is 386 g/mol. The number of nitrogens with zero attached hydrogens (tertiary/aromatic N) is 1. The van der Waals surface area contributed by atoms with Crippen LogP contribution in [0.25, 0.3) is 22.3 Å². The molecule has 0 spiro atoms. The zero-order valence-electron chi connectivity index (χ0n) is 18.2. The molecule has 0 aliphatic rings. The lowest BCUT2D eigenvalue weighted by atomic mass is 10.0. The SMILES string of the molecule is COc1ccc(C)cc1NC(=O)CCCc1c(-c2ccccn2)[nH]c2ccc(C)cc12. The van der Waals surface area contributed by atoms with Gasteiger partial charge in [-0.25, -0.2) is 0 Å². The van der Waals surface area contributed by atoms with Crippen molar-refractivity contribution in [1.82, 2.24) is 9.97 Å². The van der Waals surface area contributed by atoms with E-state index in [0.29, 0.717) is 17.9 Å². The summed E-state index contributed by atoms with van der Waals surface area (Å²) in [7, 11) is 1.61. The quantitative estimate of drug-likeness (QED) is 0.401. The molecule has 1 amide bonds. The van der Waals surface area contributed by atoms with E-state index in [1.54, 1.807) is 13.3 Å². The van der Waals surface area contributed by atoms with E-state index in [0.717, 1.165) is 35.3 Å². The fourth-order valence-corrected chi connectivity index (χ4v) is 3.91. The Kier molecular flexibility index (Phi) is 6.03. The molecule has 5 nitrogen and oxygen atoms in total. The number of rotatable bonds is 7. The largest absolute Gasteiger partial charge is 0.495 e. The van der Waals surface area contributed by atoms with Crippen molar-refractivity contribution in [3.63, 3.8) is 0 Å². The Bertz CT molecular complexity index is 1210. The Labute approximate surface area is 182 Å². The molecule has 0 aliphatic carbocycles. The first-order valence-corrected chi connectivity index (χ1v) is 10.5. The molecule has 0 aliphatic heterocycles. The molecule has 2 N–H and O–H groups in total. The predicted molar refractivity (Wildman–Crippen MR) is 126 cm³/mol. The molecule has 0 bridgehead atoms. The molecule has 0 saturated carbocycles. The van der Waals surface area contributed by atoms with Crippen LogP contribution >= 0.6 is 0 Å². The number of pyridine rings is 1. The highest BCUT2D eigenvalue weighted by molar-refractivity contribution is 5.93. The van der Waals surface area contributed by atoms with Crippen molar-refractivity contribution in [3.8, 4) is 17.1 Å². The minimum absolute atomic E-state index is 0.0145. The van der Waals surface area contributed by atoms with Crippen LogP contribution in [0.15, 0.2) is 60.8 Å². The Morgan fingerprint density at radius 2 is 1.87 bits per heavy atom. The average Bonchev–Trinajstić information content (AvgIpc) is 3.12. The van der Waals surface area contributed by atoms with E-state index in [4.69, 9.17) is 4.74 Å². The number of carbonyl (C=O) groups is 1. The molecule has 2 heterocycles. The monoisotopic (exact) mass is 413 g/mol. The summed E-state index contributed by atoms with van der Waals surface area (Å²) < 4.78 is 5.36. The van der Waals surface area contributed by atoms with Crippen LogP contribution in [0, 0.1) is 13.8 Å². The van der Waals surface area contributed by atoms with Crippen molar-refractivity contribution in [2.45, 2.75) is 33.1 Å². The summed E-state index contributed by atoms with van der Waals surface area (Å²) in [6.07, 6.45) is 3.75. The smallest absolute Gasteiger partial charge is 0.224 e. The number of aromatic amines is 1. The molecule has 2 aromatic heterocycles. The molecule has 2 aromatic carbocycles. The van der Waals surface area contributed by atoms with Gasteiger partial charge in [0, 0.05) is 23.5 Å². The van der Waals surface area contributed by atoms with Gasteiger partial charge in [-0.3, -0.25) is 9.78 Å². The molecule has 5 heteroatoms. The first-order valence-electron chi connectivity index (χ1n) is 10.5. The van der Waals surface area contributed by atoms with Gasteiger partial charge in [0.2, 0.25) is 5.91 Å². The lowest BCUT2D eigenvalue weighted by Crippen LogP contribution is -2.12. The number of amides is 1. The van der Waals surface area contributed by atoms with Crippen LogP contribution in [0.4, 0.5) is 5.69 Å².